The fourth-order valence-corrected chi connectivity index (χ4v) is 17.8. The van der Waals surface area contributed by atoms with Crippen LogP contribution in [0.3, 0.4) is 0 Å². The number of oxazole rings is 3. The molecule has 0 aliphatic rings. The second kappa shape index (κ2) is 43.3. The van der Waals surface area contributed by atoms with E-state index in [2.05, 4.69) is 142 Å². The molecule has 40 heteroatoms. The number of aryl methyl sites for hydroxylation is 2. The van der Waals surface area contributed by atoms with Gasteiger partial charge in [0, 0.05) is 134 Å². The number of carbonyl (C=O) groups is 3. The summed E-state index contributed by atoms with van der Waals surface area (Å²) in [5, 5.41) is 43.8. The molecule has 0 saturated heterocycles. The molecule has 2 N–H and O–H groups in total. The minimum Gasteiger partial charge on any atom is -0.444 e. The Balaban J connectivity index is 0.000000213. The molecule has 3 aromatic carbocycles. The van der Waals surface area contributed by atoms with Crippen molar-refractivity contribution in [2.45, 2.75) is 141 Å². The van der Waals surface area contributed by atoms with Gasteiger partial charge < -0.3 is 37.8 Å². The molecule has 28 nitrogen and oxygen atoms in total. The number of Topliss-reactive ketones (excluding diaryl/α,β-unsaturated/α-hetero) is 1. The van der Waals surface area contributed by atoms with Gasteiger partial charge in [-0.05, 0) is 36.2 Å². The molecule has 0 radical (unpaired) electrons. The van der Waals surface area contributed by atoms with Crippen molar-refractivity contribution in [1.29, 1.82) is 0 Å². The number of aromatic nitrogens is 8. The molecule has 0 unspecified atom stereocenters. The topological polar surface area (TPSA) is 349 Å². The van der Waals surface area contributed by atoms with E-state index < -0.39 is 32.1 Å². The third-order valence-electron chi connectivity index (χ3n) is 16.5. The van der Waals surface area contributed by atoms with E-state index in [9.17, 15) is 44.7 Å². The standard InChI is InChI=1S/C27H34Br2N6O2S2.C24H28Cl2N4O4S2.C22H24Cl2N6O6S2/c1-27(2,3)21-15-30-24(37-21)17-38-25-16-31-26(39-25)33-23(36)7-5-6-22-32-19-14-18(8-9-20(19)34(22)4)35(12-10-28)13-11-29;1-24(2,3)20-13-27-21(34-20)15-35-23-14-28-22(36-23)12-17(31)10-16-4-5-18(19(11-16)30(32)33)29(8-6-25)9-7-26;1-22(2,3)16-10-25-17(36-16)12-37-18-11-26-21(38-18)27-20(31)14-8-13(29(32)33)9-15(30(34)35)19(14)28(6-4-23)7-5-24/h8-9,14-16H,5-7,10-13,17H2,1-4H3,(H,31,33,36);4-5,11,13-14H,6-10,12,15H2,1-3H3;8-11H,4-7,12H2,1-3H3,(H,26,27,31). The molecule has 10 rings (SSSR count). The van der Waals surface area contributed by atoms with Crippen molar-refractivity contribution in [2.24, 2.45) is 7.05 Å². The Morgan fingerprint density at radius 2 is 1.06 bits per heavy atom. The molecule has 7 heterocycles. The molecule has 0 spiro atoms. The highest BCUT2D eigenvalue weighted by molar-refractivity contribution is 9.09. The molecule has 2 amide bonds. The first kappa shape index (κ1) is 91.6. The Morgan fingerprint density at radius 1 is 0.566 bits per heavy atom. The summed E-state index contributed by atoms with van der Waals surface area (Å²) in [6.45, 7) is 21.6. The highest BCUT2D eigenvalue weighted by Gasteiger charge is 2.32. The van der Waals surface area contributed by atoms with Crippen LogP contribution in [0.25, 0.3) is 11.0 Å². The average molecular weight is 1870 g/mol. The van der Waals surface area contributed by atoms with Crippen LogP contribution in [0.2, 0.25) is 0 Å². The Kier molecular flexibility index (Phi) is 35.1. The predicted molar refractivity (Wildman–Crippen MR) is 463 cm³/mol. The molecular formula is C73H86Br2Cl4N16O12S6. The number of non-ortho nitro benzene ring substituents is 1. The number of anilines is 5. The van der Waals surface area contributed by atoms with Gasteiger partial charge >= 0.3 is 0 Å². The van der Waals surface area contributed by atoms with Gasteiger partial charge in [-0.15, -0.1) is 93.0 Å². The van der Waals surface area contributed by atoms with Crippen LogP contribution in [-0.2, 0) is 69.4 Å². The van der Waals surface area contributed by atoms with Gasteiger partial charge in [0.15, 0.2) is 10.3 Å². The second-order valence-corrected chi connectivity index (χ2v) is 38.2. The number of nitrogens with zero attached hydrogens (tertiary/aromatic N) is 14. The molecule has 0 fully saturated rings. The predicted octanol–water partition coefficient (Wildman–Crippen LogP) is 19.5. The van der Waals surface area contributed by atoms with Crippen molar-refractivity contribution < 1.29 is 42.4 Å². The van der Waals surface area contributed by atoms with Crippen LogP contribution >= 0.6 is 148 Å². The number of thiazole rings is 3. The number of ketones is 1. The average Bonchev–Trinajstić information content (AvgIpc) is 0.895. The van der Waals surface area contributed by atoms with Crippen LogP contribution in [0, 0.1) is 30.3 Å². The maximum absolute atomic E-state index is 13.3. The largest absolute Gasteiger partial charge is 0.444 e. The van der Waals surface area contributed by atoms with Crippen LogP contribution in [-0.4, -0.2) is 145 Å². The van der Waals surface area contributed by atoms with Gasteiger partial charge in [-0.3, -0.25) is 50.0 Å². The number of nitro groups is 3. The normalized spacial score (nSPS) is 11.6. The summed E-state index contributed by atoms with van der Waals surface area (Å²) in [6.07, 6.45) is 12.4. The number of imidazole rings is 1. The number of halogens is 6. The van der Waals surface area contributed by atoms with Crippen LogP contribution in [0.1, 0.15) is 137 Å². The molecule has 7 aromatic heterocycles. The van der Waals surface area contributed by atoms with Crippen molar-refractivity contribution in [3.05, 3.63) is 173 Å². The van der Waals surface area contributed by atoms with Crippen LogP contribution in [0.4, 0.5) is 44.4 Å². The summed E-state index contributed by atoms with van der Waals surface area (Å²) in [7, 11) is 2.04. The third-order valence-corrected chi connectivity index (χ3v) is 24.2. The summed E-state index contributed by atoms with van der Waals surface area (Å²) in [5.74, 6) is 6.90. The minimum atomic E-state index is -0.799. The molecule has 0 bridgehead atoms. The fraction of sp³-hybridized carbons (Fsp3) is 0.452. The number of fused-ring (bicyclic) bond motifs is 1. The van der Waals surface area contributed by atoms with Crippen molar-refractivity contribution in [3.8, 4) is 0 Å². The summed E-state index contributed by atoms with van der Waals surface area (Å²) >= 11 is 39.2. The van der Waals surface area contributed by atoms with E-state index in [4.69, 9.17) is 64.6 Å². The Bertz CT molecular complexity index is 4840. The number of rotatable bonds is 38. The van der Waals surface area contributed by atoms with Gasteiger partial charge in [0.05, 0.1) is 111 Å². The quantitative estimate of drug-likeness (QED) is 0.0157. The second-order valence-electron chi connectivity index (χ2n) is 28.1. The molecule has 0 atom stereocenters. The zero-order valence-corrected chi connectivity index (χ0v) is 74.7. The Labute approximate surface area is 715 Å². The maximum atomic E-state index is 13.3. The monoisotopic (exact) mass is 1870 g/mol. The fourth-order valence-electron chi connectivity index (χ4n) is 10.8. The van der Waals surface area contributed by atoms with Gasteiger partial charge in [0.1, 0.15) is 45.3 Å². The number of carbonyl (C=O) groups excluding carboxylic acids is 3. The summed E-state index contributed by atoms with van der Waals surface area (Å²) in [6, 6.07) is 13.1. The lowest BCUT2D eigenvalue weighted by atomic mass is 9.94. The molecule has 0 aliphatic carbocycles. The van der Waals surface area contributed by atoms with E-state index in [-0.39, 0.29) is 87.7 Å². The van der Waals surface area contributed by atoms with Crippen molar-refractivity contribution in [3.63, 3.8) is 0 Å². The van der Waals surface area contributed by atoms with E-state index in [1.54, 1.807) is 77.7 Å². The number of alkyl halides is 6. The first-order valence-electron chi connectivity index (χ1n) is 35.3. The summed E-state index contributed by atoms with van der Waals surface area (Å²) < 4.78 is 22.3. The van der Waals surface area contributed by atoms with Crippen molar-refractivity contribution in [2.75, 3.05) is 98.8 Å². The van der Waals surface area contributed by atoms with Crippen molar-refractivity contribution in [1.82, 2.24) is 39.5 Å². The van der Waals surface area contributed by atoms with Gasteiger partial charge in [-0.25, -0.2) is 34.9 Å². The number of thioether (sulfide) groups is 3. The van der Waals surface area contributed by atoms with Crippen LogP contribution < -0.4 is 25.3 Å². The minimum absolute atomic E-state index is 0.0374. The molecule has 608 valence electrons. The number of hydrogen-bond acceptors (Lipinski definition) is 28. The smallest absolute Gasteiger partial charge is 0.300 e. The van der Waals surface area contributed by atoms with Crippen LogP contribution in [0.15, 0.2) is 112 Å². The number of amides is 2. The van der Waals surface area contributed by atoms with E-state index in [1.165, 1.54) is 62.4 Å². The number of nitrogens with one attached hydrogen (secondary N) is 2. The van der Waals surface area contributed by atoms with E-state index in [0.29, 0.717) is 94.0 Å². The van der Waals surface area contributed by atoms with Crippen molar-refractivity contribution >= 4 is 221 Å². The lowest BCUT2D eigenvalue weighted by Gasteiger charge is -2.24. The molecule has 10 aromatic rings. The zero-order chi connectivity index (χ0) is 82.3. The Hall–Kier alpha value is -6.97. The maximum Gasteiger partial charge on any atom is 0.300 e. The SMILES string of the molecule is CC(C)(C)c1cnc(CSc2cnc(CC(=O)Cc3ccc(N(CCCl)CCCl)c([N+](=O)[O-])c3)s2)o1.CC(C)(C)c1cnc(CSc2cnc(NC(=O)c3cc([N+](=O)[O-])cc([N+](=O)[O-])c3N(CCCl)CCCl)s2)o1.Cn1c(CCCC(=O)Nc2ncc(SCc3ncc(C(C)(C)C)o3)s2)nc2cc(N(CCBr)CCBr)ccc21. The van der Waals surface area contributed by atoms with E-state index in [1.807, 2.05) is 27.8 Å². The molecule has 0 aliphatic heterocycles. The van der Waals surface area contributed by atoms with Gasteiger partial charge in [0.2, 0.25) is 23.6 Å². The number of hydrogen-bond donors (Lipinski definition) is 2. The highest BCUT2D eigenvalue weighted by atomic mass is 79.9. The molecular weight excluding hydrogens is 1790 g/mol. The van der Waals surface area contributed by atoms with Gasteiger partial charge in [-0.1, -0.05) is 123 Å². The van der Waals surface area contributed by atoms with Crippen LogP contribution in [0.5, 0.6) is 0 Å². The van der Waals surface area contributed by atoms with E-state index in [0.717, 1.165) is 89.1 Å². The highest BCUT2D eigenvalue weighted by Crippen LogP contribution is 2.40. The molecule has 0 saturated carbocycles. The van der Waals surface area contributed by atoms with Gasteiger partial charge in [-0.2, -0.15) is 0 Å². The summed E-state index contributed by atoms with van der Waals surface area (Å²) in [4.78, 5) is 108. The van der Waals surface area contributed by atoms with E-state index >= 15 is 0 Å². The zero-order valence-electron chi connectivity index (χ0n) is 63.6. The number of nitro benzene ring substituents is 3. The first-order valence-corrected chi connectivity index (χ1v) is 45.0. The lowest BCUT2D eigenvalue weighted by Crippen LogP contribution is -2.31. The lowest BCUT2D eigenvalue weighted by molar-refractivity contribution is -0.393. The summed E-state index contributed by atoms with van der Waals surface area (Å²) in [5.41, 5.74) is 2.32. The molecule has 113 heavy (non-hydrogen) atoms. The third kappa shape index (κ3) is 27.3. The Morgan fingerprint density at radius 3 is 1.54 bits per heavy atom. The van der Waals surface area contributed by atoms with Gasteiger partial charge in [0.25, 0.3) is 23.0 Å². The first-order chi connectivity index (χ1) is 53.7. The number of benzene rings is 3.